The molecule has 1 amide bonds. The lowest BCUT2D eigenvalue weighted by Crippen LogP contribution is -2.54. The lowest BCUT2D eigenvalue weighted by Gasteiger charge is -2.47. The van der Waals surface area contributed by atoms with Gasteiger partial charge in [-0.3, -0.25) is 0 Å². The molecule has 0 aliphatic rings. The summed E-state index contributed by atoms with van der Waals surface area (Å²) in [5, 5.41) is 23.0. The van der Waals surface area contributed by atoms with Gasteiger partial charge >= 0.3 is 12.1 Å². The maximum absolute atomic E-state index is 12.2. The van der Waals surface area contributed by atoms with E-state index in [1.807, 2.05) is 30.3 Å². The minimum Gasteiger partial charge on any atom is -0.480 e. The maximum Gasteiger partial charge on any atom is 0.408 e. The number of carbonyl (C=O) groups excluding carboxylic acids is 1. The number of aliphatic hydroxyl groups is 1. The lowest BCUT2D eigenvalue weighted by molar-refractivity contribution is -0.141. The van der Waals surface area contributed by atoms with Gasteiger partial charge in [-0.15, -0.1) is 0 Å². The number of carboxylic acid groups (broad SMARTS) is 1. The summed E-state index contributed by atoms with van der Waals surface area (Å²) in [6.07, 6.45) is -1.49. The molecular formula is C29H51NO7Si. The Bertz CT molecular complexity index is 830. The van der Waals surface area contributed by atoms with Crippen molar-refractivity contribution >= 4 is 20.4 Å². The zero-order chi connectivity index (χ0) is 29.3. The van der Waals surface area contributed by atoms with E-state index in [2.05, 4.69) is 46.9 Å². The molecule has 8 nitrogen and oxygen atoms in total. The van der Waals surface area contributed by atoms with Crippen molar-refractivity contribution in [3.63, 3.8) is 0 Å². The van der Waals surface area contributed by atoms with Crippen molar-refractivity contribution in [3.05, 3.63) is 35.9 Å². The molecule has 0 bridgehead atoms. The highest BCUT2D eigenvalue weighted by Crippen LogP contribution is 2.44. The minimum atomic E-state index is -2.34. The van der Waals surface area contributed by atoms with E-state index < -0.39 is 44.2 Å². The molecule has 9 heteroatoms. The molecule has 0 spiro atoms. The fourth-order valence-corrected chi connectivity index (χ4v) is 11.1. The first-order valence-corrected chi connectivity index (χ1v) is 15.8. The van der Waals surface area contributed by atoms with Gasteiger partial charge in [0.25, 0.3) is 0 Å². The Morgan fingerprint density at radius 1 is 0.921 bits per heavy atom. The maximum atomic E-state index is 12.2. The van der Waals surface area contributed by atoms with E-state index in [4.69, 9.17) is 13.9 Å². The third-order valence-corrected chi connectivity index (χ3v) is 13.0. The summed E-state index contributed by atoms with van der Waals surface area (Å²) in [5.41, 5.74) is 1.31. The summed E-state index contributed by atoms with van der Waals surface area (Å²) in [4.78, 5) is 24.0. The molecule has 0 saturated carbocycles. The highest BCUT2D eigenvalue weighted by Gasteiger charge is 2.48. The van der Waals surface area contributed by atoms with Gasteiger partial charge in [-0.05, 0) is 56.3 Å². The van der Waals surface area contributed by atoms with Crippen molar-refractivity contribution in [2.24, 2.45) is 5.92 Å². The van der Waals surface area contributed by atoms with Crippen molar-refractivity contribution in [1.82, 2.24) is 5.32 Å². The summed E-state index contributed by atoms with van der Waals surface area (Å²) in [5.74, 6) is -1.46. The molecule has 0 saturated heterocycles. The molecule has 1 aromatic carbocycles. The number of nitrogens with one attached hydrogen (secondary N) is 1. The van der Waals surface area contributed by atoms with Crippen LogP contribution in [0.1, 0.15) is 74.8 Å². The van der Waals surface area contributed by atoms with E-state index >= 15 is 0 Å². The number of amides is 1. The number of hydrogen-bond acceptors (Lipinski definition) is 6. The van der Waals surface area contributed by atoms with Crippen LogP contribution in [0.4, 0.5) is 4.79 Å². The van der Waals surface area contributed by atoms with Crippen molar-refractivity contribution in [2.75, 3.05) is 13.2 Å². The predicted octanol–water partition coefficient (Wildman–Crippen LogP) is 5.78. The minimum absolute atomic E-state index is 0.156. The van der Waals surface area contributed by atoms with Crippen LogP contribution in [-0.4, -0.2) is 67.7 Å². The fourth-order valence-electron chi connectivity index (χ4n) is 5.38. The predicted molar refractivity (Wildman–Crippen MR) is 153 cm³/mol. The zero-order valence-electron chi connectivity index (χ0n) is 25.0. The first-order chi connectivity index (χ1) is 17.5. The number of alkyl carbamates (subject to hydrolysis) is 1. The van der Waals surface area contributed by atoms with Crippen LogP contribution < -0.4 is 5.32 Å². The normalized spacial score (nSPS) is 15.8. The molecular weight excluding hydrogens is 502 g/mol. The van der Waals surface area contributed by atoms with E-state index in [0.717, 1.165) is 5.56 Å². The molecule has 0 aliphatic carbocycles. The number of hydrogen-bond donors (Lipinski definition) is 3. The Hall–Kier alpha value is -1.94. The Morgan fingerprint density at radius 3 is 1.87 bits per heavy atom. The number of benzene rings is 1. The Labute approximate surface area is 230 Å². The summed E-state index contributed by atoms with van der Waals surface area (Å²) in [6.45, 7) is 20.0. The van der Waals surface area contributed by atoms with Crippen molar-refractivity contribution in [1.29, 1.82) is 0 Å². The van der Waals surface area contributed by atoms with Crippen LogP contribution in [0.3, 0.4) is 0 Å². The van der Waals surface area contributed by atoms with Crippen LogP contribution in [0.5, 0.6) is 0 Å². The largest absolute Gasteiger partial charge is 0.480 e. The number of rotatable bonds is 15. The van der Waals surface area contributed by atoms with E-state index in [0.29, 0.717) is 23.0 Å². The summed E-state index contributed by atoms with van der Waals surface area (Å²) >= 11 is 0. The van der Waals surface area contributed by atoms with E-state index in [1.54, 1.807) is 27.7 Å². The third-order valence-electron chi connectivity index (χ3n) is 6.93. The van der Waals surface area contributed by atoms with Gasteiger partial charge in [0.2, 0.25) is 8.32 Å². The van der Waals surface area contributed by atoms with Gasteiger partial charge in [-0.1, -0.05) is 71.9 Å². The average molecular weight is 554 g/mol. The number of carboxylic acids is 1. The topological polar surface area (TPSA) is 114 Å². The molecule has 0 aromatic heterocycles. The van der Waals surface area contributed by atoms with Gasteiger partial charge in [0.05, 0.1) is 25.4 Å². The second-order valence-electron chi connectivity index (χ2n) is 12.2. The van der Waals surface area contributed by atoms with Gasteiger partial charge in [0.1, 0.15) is 5.60 Å². The van der Waals surface area contributed by atoms with Crippen LogP contribution >= 0.6 is 0 Å². The molecule has 0 fully saturated rings. The first kappa shape index (κ1) is 34.1. The second kappa shape index (κ2) is 15.0. The van der Waals surface area contributed by atoms with Gasteiger partial charge in [-0.25, -0.2) is 9.59 Å². The van der Waals surface area contributed by atoms with Crippen LogP contribution in [0.15, 0.2) is 30.3 Å². The molecule has 0 unspecified atom stereocenters. The van der Waals surface area contributed by atoms with E-state index in [9.17, 15) is 19.8 Å². The number of carbonyl (C=O) groups is 2. The first-order valence-electron chi connectivity index (χ1n) is 13.7. The molecule has 0 radical (unpaired) electrons. The summed E-state index contributed by atoms with van der Waals surface area (Å²) in [6, 6.07) is 8.65. The Balaban J connectivity index is 3.20. The van der Waals surface area contributed by atoms with Crippen molar-refractivity contribution < 1.29 is 33.7 Å². The summed E-state index contributed by atoms with van der Waals surface area (Å²) in [7, 11) is -2.34. The molecule has 38 heavy (non-hydrogen) atoms. The monoisotopic (exact) mass is 553 g/mol. The zero-order valence-corrected chi connectivity index (χ0v) is 26.0. The van der Waals surface area contributed by atoms with Gasteiger partial charge in [0, 0.05) is 5.92 Å². The molecule has 3 N–H and O–H groups in total. The second-order valence-corrected chi connectivity index (χ2v) is 17.6. The fraction of sp³-hybridized carbons (Fsp3) is 0.724. The standard InChI is InChI=1S/C29H51NO7Si/c1-19(2)38(20(3)4,21(5)6)37-26(22(7)31)24(16-23-14-12-11-13-15-23)17-35-18-25(27(32)33)30-28(34)36-29(8,9)10/h11-15,19-22,24-26,31H,16-18H2,1-10H3,(H,30,34)(H,32,33)/t22-,24-,25-,26-/m0/s1. The molecule has 0 heterocycles. The number of aliphatic hydroxyl groups excluding tert-OH is 1. The quantitative estimate of drug-likeness (QED) is 0.236. The Kier molecular flexibility index (Phi) is 13.5. The summed E-state index contributed by atoms with van der Waals surface area (Å²) < 4.78 is 18.2. The van der Waals surface area contributed by atoms with Crippen LogP contribution in [-0.2, 0) is 25.1 Å². The van der Waals surface area contributed by atoms with Crippen LogP contribution in [0.25, 0.3) is 0 Å². The molecule has 4 atom stereocenters. The Morgan fingerprint density at radius 2 is 1.45 bits per heavy atom. The SMILES string of the molecule is CC(C)[Si](O[C@H]([C@H](COC[C@H](NC(=O)OC(C)(C)C)C(=O)O)Cc1ccccc1)[C@H](C)O)(C(C)C)C(C)C. The van der Waals surface area contributed by atoms with Gasteiger partial charge < -0.3 is 29.4 Å². The smallest absolute Gasteiger partial charge is 0.408 e. The van der Waals surface area contributed by atoms with Crippen LogP contribution in [0, 0.1) is 5.92 Å². The third kappa shape index (κ3) is 10.3. The number of ether oxygens (including phenoxy) is 2. The highest BCUT2D eigenvalue weighted by molar-refractivity contribution is 6.77. The van der Waals surface area contributed by atoms with E-state index in [1.165, 1.54) is 0 Å². The highest BCUT2D eigenvalue weighted by atomic mass is 28.4. The van der Waals surface area contributed by atoms with Gasteiger partial charge in [-0.2, -0.15) is 0 Å². The number of aliphatic carboxylic acids is 1. The molecule has 218 valence electrons. The van der Waals surface area contributed by atoms with Gasteiger partial charge in [0.15, 0.2) is 6.04 Å². The molecule has 1 aromatic rings. The van der Waals surface area contributed by atoms with Crippen molar-refractivity contribution in [3.8, 4) is 0 Å². The molecule has 1 rings (SSSR count). The lowest BCUT2D eigenvalue weighted by atomic mass is 9.92. The van der Waals surface area contributed by atoms with E-state index in [-0.39, 0.29) is 19.1 Å². The van der Waals surface area contributed by atoms with Crippen LogP contribution in [0.2, 0.25) is 16.6 Å². The average Bonchev–Trinajstić information content (AvgIpc) is 2.76. The molecule has 0 aliphatic heterocycles. The van der Waals surface area contributed by atoms with Crippen molar-refractivity contribution in [2.45, 2.75) is 116 Å².